The molecule has 0 saturated heterocycles. The first-order valence-corrected chi connectivity index (χ1v) is 8.39. The molecule has 130 valence electrons. The fourth-order valence-corrected chi connectivity index (χ4v) is 3.24. The molecule has 0 fully saturated rings. The Hall–Kier alpha value is -2.87. The number of hydrogen-bond donors (Lipinski definition) is 2. The molecule has 0 aliphatic heterocycles. The minimum Gasteiger partial charge on any atom is -0.466 e. The van der Waals surface area contributed by atoms with Crippen LogP contribution in [-0.4, -0.2) is 29.0 Å². The van der Waals surface area contributed by atoms with Gasteiger partial charge in [0.05, 0.1) is 18.4 Å². The summed E-state index contributed by atoms with van der Waals surface area (Å²) in [5, 5.41) is 5.07. The quantitative estimate of drug-likeness (QED) is 0.692. The van der Waals surface area contributed by atoms with Crippen molar-refractivity contribution in [1.82, 2.24) is 9.97 Å². The fraction of sp³-hybridized carbons (Fsp3) is 0.235. The predicted molar refractivity (Wildman–Crippen MR) is 94.1 cm³/mol. The molecule has 3 rings (SSSR count). The molecule has 0 spiro atoms. The molecule has 3 aromatic rings. The zero-order valence-corrected chi connectivity index (χ0v) is 15.0. The molecular formula is C17H17N3O4S. The monoisotopic (exact) mass is 359 g/mol. The Morgan fingerprint density at radius 1 is 1.28 bits per heavy atom. The maximum Gasteiger partial charge on any atom is 0.354 e. The van der Waals surface area contributed by atoms with E-state index in [0.29, 0.717) is 27.8 Å². The number of aromatic amines is 1. The average Bonchev–Trinajstić information content (AvgIpc) is 3.27. The summed E-state index contributed by atoms with van der Waals surface area (Å²) < 4.78 is 10.2. The standard InChI is InChI=1S/C17H17N3O4S/c1-8-9(2)24-10(3)14(8)15(21)20-17-19-13(7-25-17)11-5-12(18-6-11)16(22)23-4/h5-7,18H,1-4H3,(H,19,20,21). The first-order valence-electron chi connectivity index (χ1n) is 7.51. The van der Waals surface area contributed by atoms with E-state index in [4.69, 9.17) is 4.42 Å². The molecule has 3 aromatic heterocycles. The normalized spacial score (nSPS) is 10.7. The zero-order chi connectivity index (χ0) is 18.1. The number of ether oxygens (including phenoxy) is 1. The number of furan rings is 1. The number of carbonyl (C=O) groups excluding carboxylic acids is 2. The highest BCUT2D eigenvalue weighted by atomic mass is 32.1. The van der Waals surface area contributed by atoms with Gasteiger partial charge < -0.3 is 14.1 Å². The van der Waals surface area contributed by atoms with E-state index in [1.54, 1.807) is 24.6 Å². The Labute approximate surface area is 148 Å². The summed E-state index contributed by atoms with van der Waals surface area (Å²) in [5.74, 6) is 0.608. The summed E-state index contributed by atoms with van der Waals surface area (Å²) in [6.45, 7) is 5.43. The number of esters is 1. The topological polar surface area (TPSA) is 97.2 Å². The summed E-state index contributed by atoms with van der Waals surface area (Å²) in [5.41, 5.74) is 3.09. The van der Waals surface area contributed by atoms with Gasteiger partial charge in [-0.05, 0) is 26.8 Å². The molecule has 1 amide bonds. The van der Waals surface area contributed by atoms with Crippen molar-refractivity contribution in [1.29, 1.82) is 0 Å². The lowest BCUT2D eigenvalue weighted by atomic mass is 10.1. The molecule has 0 unspecified atom stereocenters. The summed E-state index contributed by atoms with van der Waals surface area (Å²) in [7, 11) is 1.32. The van der Waals surface area contributed by atoms with Crippen LogP contribution in [-0.2, 0) is 4.74 Å². The van der Waals surface area contributed by atoms with Crippen LogP contribution in [0.2, 0.25) is 0 Å². The molecule has 0 radical (unpaired) electrons. The largest absolute Gasteiger partial charge is 0.466 e. The smallest absolute Gasteiger partial charge is 0.354 e. The number of nitrogens with one attached hydrogen (secondary N) is 2. The Morgan fingerprint density at radius 3 is 2.68 bits per heavy atom. The molecule has 0 aliphatic rings. The lowest BCUT2D eigenvalue weighted by molar-refractivity contribution is 0.0594. The zero-order valence-electron chi connectivity index (χ0n) is 14.2. The number of aryl methyl sites for hydroxylation is 2. The van der Waals surface area contributed by atoms with E-state index in [9.17, 15) is 9.59 Å². The lowest BCUT2D eigenvalue weighted by Crippen LogP contribution is -2.13. The van der Waals surface area contributed by atoms with E-state index in [1.807, 2.05) is 13.8 Å². The molecule has 0 aromatic carbocycles. The molecular weight excluding hydrogens is 342 g/mol. The van der Waals surface area contributed by atoms with Gasteiger partial charge >= 0.3 is 5.97 Å². The first kappa shape index (κ1) is 17.0. The molecule has 7 nitrogen and oxygen atoms in total. The Kier molecular flexibility index (Phi) is 4.45. The number of amides is 1. The highest BCUT2D eigenvalue weighted by molar-refractivity contribution is 7.14. The average molecular weight is 359 g/mol. The molecule has 2 N–H and O–H groups in total. The Morgan fingerprint density at radius 2 is 2.04 bits per heavy atom. The van der Waals surface area contributed by atoms with E-state index >= 15 is 0 Å². The van der Waals surface area contributed by atoms with Crippen molar-refractivity contribution in [3.8, 4) is 11.3 Å². The van der Waals surface area contributed by atoms with Gasteiger partial charge in [0, 0.05) is 22.7 Å². The van der Waals surface area contributed by atoms with Crippen molar-refractivity contribution in [2.75, 3.05) is 12.4 Å². The van der Waals surface area contributed by atoms with Crippen LogP contribution in [0.5, 0.6) is 0 Å². The van der Waals surface area contributed by atoms with Crippen LogP contribution in [0.25, 0.3) is 11.3 Å². The number of hydrogen-bond acceptors (Lipinski definition) is 6. The summed E-state index contributed by atoms with van der Waals surface area (Å²) in [6, 6.07) is 1.65. The van der Waals surface area contributed by atoms with Gasteiger partial charge in [-0.2, -0.15) is 0 Å². The molecule has 25 heavy (non-hydrogen) atoms. The van der Waals surface area contributed by atoms with Crippen molar-refractivity contribution in [2.24, 2.45) is 0 Å². The second-order valence-corrected chi connectivity index (χ2v) is 6.36. The van der Waals surface area contributed by atoms with Crippen LogP contribution in [0, 0.1) is 20.8 Å². The van der Waals surface area contributed by atoms with Crippen LogP contribution in [0.4, 0.5) is 5.13 Å². The number of rotatable bonds is 4. The third kappa shape index (κ3) is 3.20. The molecule has 3 heterocycles. The van der Waals surface area contributed by atoms with Crippen LogP contribution >= 0.6 is 11.3 Å². The van der Waals surface area contributed by atoms with Crippen LogP contribution in [0.15, 0.2) is 22.1 Å². The molecule has 0 saturated carbocycles. The number of nitrogens with zero attached hydrogens (tertiary/aromatic N) is 1. The maximum atomic E-state index is 12.5. The van der Waals surface area contributed by atoms with Gasteiger partial charge in [-0.25, -0.2) is 9.78 Å². The second kappa shape index (κ2) is 6.56. The number of thiazole rings is 1. The number of aromatic nitrogens is 2. The number of H-pyrrole nitrogens is 1. The summed E-state index contributed by atoms with van der Waals surface area (Å²) >= 11 is 1.31. The van der Waals surface area contributed by atoms with E-state index in [1.165, 1.54) is 18.4 Å². The highest BCUT2D eigenvalue weighted by Crippen LogP contribution is 2.27. The van der Waals surface area contributed by atoms with Gasteiger partial charge in [-0.15, -0.1) is 11.3 Å². The molecule has 0 atom stereocenters. The van der Waals surface area contributed by atoms with Crippen molar-refractivity contribution in [2.45, 2.75) is 20.8 Å². The summed E-state index contributed by atoms with van der Waals surface area (Å²) in [4.78, 5) is 31.2. The van der Waals surface area contributed by atoms with Crippen LogP contribution in [0.1, 0.15) is 37.9 Å². The summed E-state index contributed by atoms with van der Waals surface area (Å²) in [6.07, 6.45) is 1.67. The van der Waals surface area contributed by atoms with Crippen molar-refractivity contribution in [3.05, 3.63) is 46.0 Å². The van der Waals surface area contributed by atoms with E-state index in [-0.39, 0.29) is 5.91 Å². The van der Waals surface area contributed by atoms with Crippen molar-refractivity contribution in [3.63, 3.8) is 0 Å². The van der Waals surface area contributed by atoms with Crippen molar-refractivity contribution < 1.29 is 18.7 Å². The number of methoxy groups -OCH3 is 1. The Balaban J connectivity index is 1.79. The maximum absolute atomic E-state index is 12.5. The van der Waals surface area contributed by atoms with Gasteiger partial charge in [0.2, 0.25) is 0 Å². The molecule has 0 aliphatic carbocycles. The lowest BCUT2D eigenvalue weighted by Gasteiger charge is -2.01. The van der Waals surface area contributed by atoms with E-state index < -0.39 is 5.97 Å². The highest BCUT2D eigenvalue weighted by Gasteiger charge is 2.20. The minimum atomic E-state index is -0.448. The van der Waals surface area contributed by atoms with Gasteiger partial charge in [-0.3, -0.25) is 10.1 Å². The van der Waals surface area contributed by atoms with E-state index in [2.05, 4.69) is 20.0 Å². The van der Waals surface area contributed by atoms with Gasteiger partial charge in [-0.1, -0.05) is 0 Å². The van der Waals surface area contributed by atoms with Crippen molar-refractivity contribution >= 4 is 28.3 Å². The number of carbonyl (C=O) groups is 2. The van der Waals surface area contributed by atoms with E-state index in [0.717, 1.165) is 16.9 Å². The van der Waals surface area contributed by atoms with Gasteiger partial charge in [0.15, 0.2) is 5.13 Å². The minimum absolute atomic E-state index is 0.253. The van der Waals surface area contributed by atoms with Gasteiger partial charge in [0.25, 0.3) is 5.91 Å². The third-order valence-corrected chi connectivity index (χ3v) is 4.65. The van der Waals surface area contributed by atoms with Crippen LogP contribution < -0.4 is 5.32 Å². The first-order chi connectivity index (χ1) is 11.9. The third-order valence-electron chi connectivity index (χ3n) is 3.90. The second-order valence-electron chi connectivity index (χ2n) is 5.50. The molecule has 0 bridgehead atoms. The predicted octanol–water partition coefficient (Wildman–Crippen LogP) is 3.70. The van der Waals surface area contributed by atoms with Gasteiger partial charge in [0.1, 0.15) is 17.2 Å². The fourth-order valence-electron chi connectivity index (χ4n) is 2.52. The van der Waals surface area contributed by atoms with Crippen LogP contribution in [0.3, 0.4) is 0 Å². The number of anilines is 1. The Bertz CT molecular complexity index is 951. The SMILES string of the molecule is COC(=O)c1cc(-c2csc(NC(=O)c3c(C)oc(C)c3C)n2)c[nH]1. The molecule has 8 heteroatoms.